The highest BCUT2D eigenvalue weighted by molar-refractivity contribution is 5.70. The second-order valence-corrected chi connectivity index (χ2v) is 7.19. The maximum absolute atomic E-state index is 5.42. The third kappa shape index (κ3) is 4.30. The van der Waals surface area contributed by atoms with Crippen molar-refractivity contribution in [1.82, 2.24) is 10.1 Å². The summed E-state index contributed by atoms with van der Waals surface area (Å²) in [6.45, 7) is 0.525. The number of para-hydroxylation sites is 2. The highest BCUT2D eigenvalue weighted by Gasteiger charge is 2.21. The minimum atomic E-state index is 0.525. The van der Waals surface area contributed by atoms with E-state index in [0.29, 0.717) is 30.7 Å². The molecule has 4 rings (SSSR count). The van der Waals surface area contributed by atoms with Crippen LogP contribution in [0.2, 0.25) is 0 Å². The van der Waals surface area contributed by atoms with Crippen molar-refractivity contribution in [2.75, 3.05) is 17.3 Å². The zero-order valence-electron chi connectivity index (χ0n) is 15.8. The fourth-order valence-electron chi connectivity index (χ4n) is 3.80. The van der Waals surface area contributed by atoms with Crippen LogP contribution in [-0.2, 0) is 13.0 Å². The molecule has 5 nitrogen and oxygen atoms in total. The van der Waals surface area contributed by atoms with Crippen molar-refractivity contribution >= 4 is 11.4 Å². The SMILES string of the molecule is CN(c1ccccc1NCc1nc(Cc2ccccc2)no1)C1CCCC1. The van der Waals surface area contributed by atoms with Crippen LogP contribution in [-0.4, -0.2) is 23.2 Å². The van der Waals surface area contributed by atoms with Crippen molar-refractivity contribution in [3.8, 4) is 0 Å². The number of hydrogen-bond acceptors (Lipinski definition) is 5. The van der Waals surface area contributed by atoms with E-state index >= 15 is 0 Å². The van der Waals surface area contributed by atoms with Crippen molar-refractivity contribution in [3.63, 3.8) is 0 Å². The second kappa shape index (κ2) is 8.25. The molecule has 1 aromatic heterocycles. The fourth-order valence-corrected chi connectivity index (χ4v) is 3.80. The van der Waals surface area contributed by atoms with E-state index in [0.717, 1.165) is 5.69 Å². The lowest BCUT2D eigenvalue weighted by atomic mass is 10.1. The number of anilines is 2. The Morgan fingerprint density at radius 2 is 1.78 bits per heavy atom. The molecule has 1 fully saturated rings. The molecule has 1 heterocycles. The Balaban J connectivity index is 1.40. The standard InChI is InChI=1S/C22H26N4O/c1-26(18-11-5-6-12-18)20-14-8-7-13-19(20)23-16-22-24-21(25-27-22)15-17-9-3-2-4-10-17/h2-4,7-10,13-14,18,23H,5-6,11-12,15-16H2,1H3. The molecule has 27 heavy (non-hydrogen) atoms. The van der Waals surface area contributed by atoms with Gasteiger partial charge in [-0.05, 0) is 30.5 Å². The van der Waals surface area contributed by atoms with Gasteiger partial charge in [-0.15, -0.1) is 0 Å². The van der Waals surface area contributed by atoms with Gasteiger partial charge >= 0.3 is 0 Å². The van der Waals surface area contributed by atoms with E-state index in [1.165, 1.54) is 36.9 Å². The Morgan fingerprint density at radius 1 is 1.04 bits per heavy atom. The van der Waals surface area contributed by atoms with Crippen LogP contribution in [0.25, 0.3) is 0 Å². The molecule has 0 atom stereocenters. The van der Waals surface area contributed by atoms with Crippen LogP contribution in [0.1, 0.15) is 43.0 Å². The first-order valence-electron chi connectivity index (χ1n) is 9.71. The predicted octanol–water partition coefficient (Wildman–Crippen LogP) is 4.65. The van der Waals surface area contributed by atoms with Crippen LogP contribution in [0.3, 0.4) is 0 Å². The van der Waals surface area contributed by atoms with E-state index in [4.69, 9.17) is 4.52 Å². The smallest absolute Gasteiger partial charge is 0.245 e. The summed E-state index contributed by atoms with van der Waals surface area (Å²) in [7, 11) is 2.20. The van der Waals surface area contributed by atoms with Gasteiger partial charge in [-0.2, -0.15) is 4.98 Å². The first-order valence-corrected chi connectivity index (χ1v) is 9.71. The van der Waals surface area contributed by atoms with E-state index in [-0.39, 0.29) is 0 Å². The summed E-state index contributed by atoms with van der Waals surface area (Å²) >= 11 is 0. The summed E-state index contributed by atoms with van der Waals surface area (Å²) in [5.41, 5.74) is 3.52. The minimum Gasteiger partial charge on any atom is -0.374 e. The van der Waals surface area contributed by atoms with Crippen LogP contribution >= 0.6 is 0 Å². The van der Waals surface area contributed by atoms with E-state index in [2.05, 4.69) is 63.8 Å². The van der Waals surface area contributed by atoms with Crippen molar-refractivity contribution in [2.45, 2.75) is 44.7 Å². The van der Waals surface area contributed by atoms with Crippen LogP contribution in [0, 0.1) is 0 Å². The first kappa shape index (κ1) is 17.6. The summed E-state index contributed by atoms with van der Waals surface area (Å²) in [6, 6.07) is 19.3. The number of hydrogen-bond donors (Lipinski definition) is 1. The summed E-state index contributed by atoms with van der Waals surface area (Å²) in [6.07, 6.45) is 5.90. The molecule has 140 valence electrons. The van der Waals surface area contributed by atoms with Gasteiger partial charge in [0.25, 0.3) is 0 Å². The molecule has 5 heteroatoms. The van der Waals surface area contributed by atoms with Crippen LogP contribution in [0.4, 0.5) is 11.4 Å². The normalized spacial score (nSPS) is 14.4. The van der Waals surface area contributed by atoms with Crippen LogP contribution in [0.15, 0.2) is 59.1 Å². The summed E-state index contributed by atoms with van der Waals surface area (Å²) in [5, 5.41) is 7.58. The highest BCUT2D eigenvalue weighted by atomic mass is 16.5. The summed E-state index contributed by atoms with van der Waals surface area (Å²) in [4.78, 5) is 6.93. The van der Waals surface area contributed by atoms with Gasteiger partial charge in [-0.1, -0.05) is 60.5 Å². The Kier molecular flexibility index (Phi) is 5.37. The van der Waals surface area contributed by atoms with Crippen LogP contribution in [0.5, 0.6) is 0 Å². The molecule has 1 aliphatic carbocycles. The molecular weight excluding hydrogens is 336 g/mol. The Bertz CT molecular complexity index is 856. The van der Waals surface area contributed by atoms with E-state index in [1.807, 2.05) is 18.2 Å². The lowest BCUT2D eigenvalue weighted by Gasteiger charge is -2.28. The maximum Gasteiger partial charge on any atom is 0.245 e. The molecule has 0 saturated heterocycles. The summed E-state index contributed by atoms with van der Waals surface area (Å²) in [5.74, 6) is 1.33. The molecule has 3 aromatic rings. The molecular formula is C22H26N4O. The van der Waals surface area contributed by atoms with Crippen LogP contribution < -0.4 is 10.2 Å². The number of nitrogens with zero attached hydrogens (tertiary/aromatic N) is 3. The lowest BCUT2D eigenvalue weighted by Crippen LogP contribution is -2.29. The predicted molar refractivity (Wildman–Crippen MR) is 108 cm³/mol. The average Bonchev–Trinajstić information content (AvgIpc) is 3.39. The highest BCUT2D eigenvalue weighted by Crippen LogP contribution is 2.31. The van der Waals surface area contributed by atoms with E-state index in [1.54, 1.807) is 0 Å². The Labute approximate surface area is 160 Å². The molecule has 1 N–H and O–H groups in total. The van der Waals surface area contributed by atoms with Crippen molar-refractivity contribution < 1.29 is 4.52 Å². The van der Waals surface area contributed by atoms with Gasteiger partial charge in [0.05, 0.1) is 17.9 Å². The average molecular weight is 362 g/mol. The molecule has 0 spiro atoms. The van der Waals surface area contributed by atoms with E-state index < -0.39 is 0 Å². The molecule has 0 radical (unpaired) electrons. The molecule has 0 bridgehead atoms. The van der Waals surface area contributed by atoms with Gasteiger partial charge < -0.3 is 14.7 Å². The minimum absolute atomic E-state index is 0.525. The van der Waals surface area contributed by atoms with Gasteiger partial charge in [0.15, 0.2) is 5.82 Å². The Morgan fingerprint density at radius 3 is 2.59 bits per heavy atom. The third-order valence-corrected chi connectivity index (χ3v) is 5.30. The zero-order valence-corrected chi connectivity index (χ0v) is 15.8. The topological polar surface area (TPSA) is 54.2 Å². The fraction of sp³-hybridized carbons (Fsp3) is 0.364. The largest absolute Gasteiger partial charge is 0.374 e. The molecule has 1 aliphatic rings. The van der Waals surface area contributed by atoms with Gasteiger partial charge in [-0.3, -0.25) is 0 Å². The van der Waals surface area contributed by atoms with Crippen molar-refractivity contribution in [3.05, 3.63) is 71.9 Å². The molecule has 0 amide bonds. The zero-order chi connectivity index (χ0) is 18.5. The third-order valence-electron chi connectivity index (χ3n) is 5.30. The molecule has 0 aliphatic heterocycles. The Hall–Kier alpha value is -2.82. The van der Waals surface area contributed by atoms with Crippen molar-refractivity contribution in [2.24, 2.45) is 0 Å². The van der Waals surface area contributed by atoms with Gasteiger partial charge in [0.1, 0.15) is 0 Å². The number of rotatable bonds is 7. The maximum atomic E-state index is 5.42. The molecule has 0 unspecified atom stereocenters. The van der Waals surface area contributed by atoms with Crippen molar-refractivity contribution in [1.29, 1.82) is 0 Å². The first-order chi connectivity index (χ1) is 13.3. The van der Waals surface area contributed by atoms with E-state index in [9.17, 15) is 0 Å². The lowest BCUT2D eigenvalue weighted by molar-refractivity contribution is 0.378. The number of aromatic nitrogens is 2. The monoisotopic (exact) mass is 362 g/mol. The number of nitrogens with one attached hydrogen (secondary N) is 1. The number of benzene rings is 2. The second-order valence-electron chi connectivity index (χ2n) is 7.19. The summed E-state index contributed by atoms with van der Waals surface area (Å²) < 4.78 is 5.42. The molecule has 1 saturated carbocycles. The van der Waals surface area contributed by atoms with Gasteiger partial charge in [0, 0.05) is 19.5 Å². The van der Waals surface area contributed by atoms with Gasteiger partial charge in [-0.25, -0.2) is 0 Å². The molecule has 2 aromatic carbocycles. The van der Waals surface area contributed by atoms with Gasteiger partial charge in [0.2, 0.25) is 5.89 Å². The quantitative estimate of drug-likeness (QED) is 0.663.